The molecular formula is C61H108N12O14. The number of carboxylic acids is 1. The van der Waals surface area contributed by atoms with E-state index in [-0.39, 0.29) is 81.0 Å². The summed E-state index contributed by atoms with van der Waals surface area (Å²) in [4.78, 5) is 192. The van der Waals surface area contributed by atoms with Gasteiger partial charge in [0.05, 0.1) is 19.5 Å². The van der Waals surface area contributed by atoms with E-state index in [1.165, 1.54) is 68.8 Å². The van der Waals surface area contributed by atoms with Crippen molar-refractivity contribution in [3.05, 3.63) is 0 Å². The summed E-state index contributed by atoms with van der Waals surface area (Å²) in [7, 11) is 8.41. The minimum absolute atomic E-state index is 0.0367. The summed E-state index contributed by atoms with van der Waals surface area (Å²) in [5.41, 5.74) is 5.52. The maximum Gasteiger partial charge on any atom is 0.305 e. The van der Waals surface area contributed by atoms with Crippen LogP contribution in [0.4, 0.5) is 0 Å². The zero-order chi connectivity index (χ0) is 67.2. The van der Waals surface area contributed by atoms with Gasteiger partial charge in [-0.1, -0.05) is 96.4 Å². The maximum absolute atomic E-state index is 15.1. The van der Waals surface area contributed by atoms with E-state index in [9.17, 15) is 53.1 Å². The molecule has 1 saturated heterocycles. The van der Waals surface area contributed by atoms with E-state index in [1.807, 2.05) is 55.4 Å². The highest BCUT2D eigenvalue weighted by Gasteiger charge is 2.43. The standard InChI is InChI=1S/C61H108N12O14/c1-21-22-42-57(83)67(15)33-50(76)73(26-25-51(77)78)32-49(75)66-52(39(12)13)61(87)69(17)44(28-35(4)5)54(80)64-41(23-24-48(62)74)53(79)63-40(14)56(82)70(18)45(29-36(6)7)59(85)72(20)47(31-38(10)11)60(86)71(19)46(30-37(8)9)58(84)68(16)43(27-34(2)3)55(81)65-42/h34-47,52H,21-33H2,1-20H3,(H2,62,74)(H,63,79)(H,64,80)(H,65,81)(H,66,75)(H,77,78)/t40-,41-,42+,43+,44+,45+,46+,47+,52+/m1/s1. The predicted octanol–water partition coefficient (Wildman–Crippen LogP) is 1.81. The smallest absolute Gasteiger partial charge is 0.305 e. The van der Waals surface area contributed by atoms with E-state index >= 15 is 14.4 Å². The summed E-state index contributed by atoms with van der Waals surface area (Å²) < 4.78 is 0. The summed E-state index contributed by atoms with van der Waals surface area (Å²) in [6.45, 7) is 23.0. The van der Waals surface area contributed by atoms with Crippen molar-refractivity contribution in [3.8, 4) is 0 Å². The van der Waals surface area contributed by atoms with Gasteiger partial charge in [-0.3, -0.25) is 62.3 Å². The summed E-state index contributed by atoms with van der Waals surface area (Å²) in [6, 6.07) is -11.4. The molecule has 496 valence electrons. The number of nitrogens with two attached hydrogens (primary N) is 1. The van der Waals surface area contributed by atoms with Crippen LogP contribution in [0, 0.1) is 35.5 Å². The van der Waals surface area contributed by atoms with Gasteiger partial charge >= 0.3 is 5.97 Å². The zero-order valence-corrected chi connectivity index (χ0v) is 55.8. The Labute approximate surface area is 516 Å². The van der Waals surface area contributed by atoms with Gasteiger partial charge in [-0.05, 0) is 87.4 Å². The fourth-order valence-electron chi connectivity index (χ4n) is 10.5. The molecule has 1 rings (SSSR count). The largest absolute Gasteiger partial charge is 0.481 e. The molecular weight excluding hydrogens is 1120 g/mol. The molecule has 0 aromatic rings. The van der Waals surface area contributed by atoms with Crippen LogP contribution < -0.4 is 27.0 Å². The molecule has 0 radical (unpaired) electrons. The van der Waals surface area contributed by atoms with Gasteiger partial charge in [-0.25, -0.2) is 0 Å². The van der Waals surface area contributed by atoms with Crippen LogP contribution in [-0.2, 0) is 62.3 Å². The first kappa shape index (κ1) is 78.1. The molecule has 1 aliphatic rings. The second-order valence-corrected chi connectivity index (χ2v) is 26.1. The molecule has 0 unspecified atom stereocenters. The SMILES string of the molecule is CCC[C@@H]1NC(=O)[C@H](CC(C)C)N(C)C(=O)[C@H](CC(C)C)N(C)C(=O)[C@H](CC(C)C)N(C)C(=O)[C@H](CC(C)C)N(C)C(=O)[C@@H](C)NC(=O)[C@@H](CCC(N)=O)NC(=O)[C@H](CC(C)C)N(C)C(=O)[C@H](C(C)C)NC(=O)CN(CCC(=O)O)C(=O)CN(C)C1=O. The van der Waals surface area contributed by atoms with Crippen LogP contribution in [0.3, 0.4) is 0 Å². The lowest BCUT2D eigenvalue weighted by molar-refractivity contribution is -0.155. The van der Waals surface area contributed by atoms with E-state index < -0.39 is 163 Å². The Kier molecular flexibility index (Phi) is 32.7. The Morgan fingerprint density at radius 3 is 1.24 bits per heavy atom. The summed E-state index contributed by atoms with van der Waals surface area (Å²) in [6.07, 6.45) is -0.256. The van der Waals surface area contributed by atoms with Crippen LogP contribution in [0.15, 0.2) is 0 Å². The molecule has 0 aromatic carbocycles. The van der Waals surface area contributed by atoms with Crippen LogP contribution in [0.25, 0.3) is 0 Å². The molecule has 87 heavy (non-hydrogen) atoms. The quantitative estimate of drug-likeness (QED) is 0.108. The number of nitrogens with zero attached hydrogens (tertiary/aromatic N) is 7. The lowest BCUT2D eigenvalue weighted by Crippen LogP contribution is -2.61. The Hall–Kier alpha value is -6.89. The number of carbonyl (C=O) groups excluding carboxylic acids is 12. The third-order valence-electron chi connectivity index (χ3n) is 15.5. The van der Waals surface area contributed by atoms with E-state index in [0.717, 1.165) is 14.7 Å². The minimum Gasteiger partial charge on any atom is -0.481 e. The van der Waals surface area contributed by atoms with Crippen molar-refractivity contribution in [2.45, 2.75) is 216 Å². The second-order valence-electron chi connectivity index (χ2n) is 26.1. The number of aliphatic carboxylic acids is 1. The highest BCUT2D eigenvalue weighted by molar-refractivity contribution is 5.99. The number of likely N-dealkylation sites (N-methyl/N-ethyl adjacent to an activating group) is 6. The van der Waals surface area contributed by atoms with Crippen molar-refractivity contribution < 1.29 is 67.4 Å². The molecule has 1 fully saturated rings. The molecule has 0 saturated carbocycles. The molecule has 0 aromatic heterocycles. The predicted molar refractivity (Wildman–Crippen MR) is 328 cm³/mol. The maximum atomic E-state index is 15.1. The number of primary amides is 1. The number of nitrogens with one attached hydrogen (secondary N) is 4. The number of hydrogen-bond acceptors (Lipinski definition) is 13. The van der Waals surface area contributed by atoms with Gasteiger partial charge in [0.25, 0.3) is 0 Å². The Bertz CT molecular complexity index is 2400. The number of amides is 12. The highest BCUT2D eigenvalue weighted by atomic mass is 16.4. The van der Waals surface area contributed by atoms with Crippen LogP contribution in [0.1, 0.15) is 161 Å². The third-order valence-corrected chi connectivity index (χ3v) is 15.5. The van der Waals surface area contributed by atoms with E-state index in [4.69, 9.17) is 5.73 Å². The van der Waals surface area contributed by atoms with Crippen LogP contribution in [0.2, 0.25) is 0 Å². The van der Waals surface area contributed by atoms with Crippen molar-refractivity contribution in [1.29, 1.82) is 0 Å². The monoisotopic (exact) mass is 1230 g/mol. The van der Waals surface area contributed by atoms with Crippen LogP contribution in [-0.4, -0.2) is 233 Å². The Balaban J connectivity index is 4.35. The summed E-state index contributed by atoms with van der Waals surface area (Å²) in [5.74, 6) is -11.7. The van der Waals surface area contributed by atoms with E-state index in [2.05, 4.69) is 21.3 Å². The minimum atomic E-state index is -1.49. The fourth-order valence-corrected chi connectivity index (χ4v) is 10.5. The number of rotatable bonds is 19. The fraction of sp³-hybridized carbons (Fsp3) is 0.787. The second kappa shape index (κ2) is 36.4. The van der Waals surface area contributed by atoms with Gasteiger partial charge in [0.2, 0.25) is 70.9 Å². The number of carboxylic acid groups (broad SMARTS) is 1. The molecule has 0 aliphatic carbocycles. The first-order valence-electron chi connectivity index (χ1n) is 30.8. The molecule has 0 bridgehead atoms. The molecule has 26 nitrogen and oxygen atoms in total. The zero-order valence-electron chi connectivity index (χ0n) is 55.8. The third kappa shape index (κ3) is 24.7. The van der Waals surface area contributed by atoms with Gasteiger partial charge in [0.15, 0.2) is 0 Å². The van der Waals surface area contributed by atoms with Gasteiger partial charge in [0.1, 0.15) is 54.4 Å². The molecule has 0 spiro atoms. The van der Waals surface area contributed by atoms with Gasteiger partial charge in [-0.15, -0.1) is 0 Å². The first-order chi connectivity index (χ1) is 40.2. The lowest BCUT2D eigenvalue weighted by Gasteiger charge is -2.40. The number of hydrogen-bond donors (Lipinski definition) is 6. The summed E-state index contributed by atoms with van der Waals surface area (Å²) in [5, 5.41) is 20.4. The van der Waals surface area contributed by atoms with Gasteiger partial charge in [0, 0.05) is 55.3 Å². The molecule has 26 heteroatoms. The van der Waals surface area contributed by atoms with Crippen LogP contribution >= 0.6 is 0 Å². The molecule has 7 N–H and O–H groups in total. The lowest BCUT2D eigenvalue weighted by atomic mass is 9.95. The highest BCUT2D eigenvalue weighted by Crippen LogP contribution is 2.25. The summed E-state index contributed by atoms with van der Waals surface area (Å²) >= 11 is 0. The van der Waals surface area contributed by atoms with Gasteiger partial charge in [-0.2, -0.15) is 0 Å². The van der Waals surface area contributed by atoms with Crippen molar-refractivity contribution in [2.75, 3.05) is 61.9 Å². The molecule has 12 amide bonds. The van der Waals surface area contributed by atoms with Crippen molar-refractivity contribution in [2.24, 2.45) is 41.2 Å². The Morgan fingerprint density at radius 1 is 0.483 bits per heavy atom. The van der Waals surface area contributed by atoms with Crippen LogP contribution in [0.5, 0.6) is 0 Å². The molecule has 9 atom stereocenters. The topological polar surface area (TPSA) is 339 Å². The Morgan fingerprint density at radius 2 is 0.862 bits per heavy atom. The van der Waals surface area contributed by atoms with E-state index in [0.29, 0.717) is 6.42 Å². The number of carbonyl (C=O) groups is 13. The first-order valence-corrected chi connectivity index (χ1v) is 30.8. The average Bonchev–Trinajstić information content (AvgIpc) is 1.52. The normalized spacial score (nSPS) is 24.7. The molecule has 1 aliphatic heterocycles. The molecule has 1 heterocycles. The van der Waals surface area contributed by atoms with E-state index in [1.54, 1.807) is 34.6 Å². The van der Waals surface area contributed by atoms with Gasteiger partial charge < -0.3 is 66.4 Å². The average molecular weight is 1230 g/mol. The van der Waals surface area contributed by atoms with Crippen molar-refractivity contribution >= 4 is 76.9 Å². The van der Waals surface area contributed by atoms with Crippen molar-refractivity contribution in [1.82, 2.24) is 55.6 Å². The van der Waals surface area contributed by atoms with Crippen molar-refractivity contribution in [3.63, 3.8) is 0 Å².